The number of nitrogens with one attached hydrogen (secondary N) is 2. The van der Waals surface area contributed by atoms with Crippen molar-refractivity contribution in [1.82, 2.24) is 9.97 Å². The van der Waals surface area contributed by atoms with Crippen molar-refractivity contribution in [2.45, 2.75) is 38.6 Å². The SMILES string of the molecule is CNc1cc(NC2(C)CCS(=O)(=O)C2)nc(C(C)C)n1. The monoisotopic (exact) mass is 298 g/mol. The van der Waals surface area contributed by atoms with Gasteiger partial charge in [0.05, 0.1) is 17.0 Å². The minimum atomic E-state index is -2.94. The molecule has 20 heavy (non-hydrogen) atoms. The summed E-state index contributed by atoms with van der Waals surface area (Å²) < 4.78 is 23.3. The highest BCUT2D eigenvalue weighted by Crippen LogP contribution is 2.28. The molecule has 1 aromatic heterocycles. The van der Waals surface area contributed by atoms with Crippen LogP contribution >= 0.6 is 0 Å². The third-order valence-corrected chi connectivity index (χ3v) is 5.35. The second-order valence-electron chi connectivity index (χ2n) is 5.93. The standard InChI is InChI=1S/C13H22N4O2S/c1-9(2)12-15-10(14-4)7-11(16-12)17-13(3)5-6-20(18,19)8-13/h7,9H,5-6,8H2,1-4H3,(H2,14,15,16,17). The van der Waals surface area contributed by atoms with Crippen molar-refractivity contribution in [3.63, 3.8) is 0 Å². The summed E-state index contributed by atoms with van der Waals surface area (Å²) in [4.78, 5) is 8.88. The Morgan fingerprint density at radius 2 is 1.95 bits per heavy atom. The predicted molar refractivity (Wildman–Crippen MR) is 81.0 cm³/mol. The topological polar surface area (TPSA) is 84.0 Å². The Labute approximate surface area is 120 Å². The second kappa shape index (κ2) is 5.20. The van der Waals surface area contributed by atoms with Gasteiger partial charge in [0, 0.05) is 19.0 Å². The fraction of sp³-hybridized carbons (Fsp3) is 0.692. The Balaban J connectivity index is 2.27. The molecule has 2 heterocycles. The van der Waals surface area contributed by atoms with E-state index < -0.39 is 15.4 Å². The maximum Gasteiger partial charge on any atom is 0.152 e. The summed E-state index contributed by atoms with van der Waals surface area (Å²) in [6.45, 7) is 5.98. The van der Waals surface area contributed by atoms with E-state index in [1.54, 1.807) is 7.05 Å². The van der Waals surface area contributed by atoms with Gasteiger partial charge in [-0.25, -0.2) is 18.4 Å². The van der Waals surface area contributed by atoms with Crippen molar-refractivity contribution >= 4 is 21.5 Å². The molecule has 112 valence electrons. The Kier molecular flexibility index (Phi) is 3.90. The van der Waals surface area contributed by atoms with Crippen LogP contribution in [0, 0.1) is 0 Å². The molecule has 1 aliphatic heterocycles. The van der Waals surface area contributed by atoms with E-state index in [1.165, 1.54) is 0 Å². The van der Waals surface area contributed by atoms with Crippen LogP contribution in [0.25, 0.3) is 0 Å². The molecule has 0 amide bonds. The van der Waals surface area contributed by atoms with Crippen LogP contribution in [0.1, 0.15) is 38.9 Å². The minimum absolute atomic E-state index is 0.149. The quantitative estimate of drug-likeness (QED) is 0.879. The van der Waals surface area contributed by atoms with Crippen molar-refractivity contribution in [3.8, 4) is 0 Å². The third-order valence-electron chi connectivity index (χ3n) is 3.45. The predicted octanol–water partition coefficient (Wildman–Crippen LogP) is 1.63. The van der Waals surface area contributed by atoms with Crippen molar-refractivity contribution in [2.75, 3.05) is 29.2 Å². The molecule has 6 nitrogen and oxygen atoms in total. The van der Waals surface area contributed by atoms with Gasteiger partial charge in [0.1, 0.15) is 17.5 Å². The Bertz CT molecular complexity index is 600. The van der Waals surface area contributed by atoms with E-state index in [4.69, 9.17) is 0 Å². The van der Waals surface area contributed by atoms with Crippen LogP contribution in [0.2, 0.25) is 0 Å². The van der Waals surface area contributed by atoms with Crippen LogP contribution in [0.5, 0.6) is 0 Å². The lowest BCUT2D eigenvalue weighted by molar-refractivity contribution is 0.571. The molecule has 7 heteroatoms. The van der Waals surface area contributed by atoms with Crippen molar-refractivity contribution in [1.29, 1.82) is 0 Å². The molecule has 1 aliphatic rings. The summed E-state index contributed by atoms with van der Waals surface area (Å²) in [5, 5.41) is 6.28. The van der Waals surface area contributed by atoms with Crippen LogP contribution in [0.15, 0.2) is 6.07 Å². The summed E-state index contributed by atoms with van der Waals surface area (Å²) >= 11 is 0. The zero-order chi connectivity index (χ0) is 15.0. The molecule has 2 rings (SSSR count). The number of rotatable bonds is 4. The van der Waals surface area contributed by atoms with Crippen LogP contribution < -0.4 is 10.6 Å². The van der Waals surface area contributed by atoms with E-state index in [1.807, 2.05) is 26.8 Å². The maximum atomic E-state index is 11.6. The second-order valence-corrected chi connectivity index (χ2v) is 8.11. The van der Waals surface area contributed by atoms with Gasteiger partial charge in [-0.15, -0.1) is 0 Å². The van der Waals surface area contributed by atoms with Gasteiger partial charge in [-0.2, -0.15) is 0 Å². The van der Waals surface area contributed by atoms with Gasteiger partial charge in [0.15, 0.2) is 9.84 Å². The first-order chi connectivity index (χ1) is 9.23. The molecule has 2 N–H and O–H groups in total. The molecule has 0 aliphatic carbocycles. The van der Waals surface area contributed by atoms with Crippen LogP contribution in [-0.4, -0.2) is 42.5 Å². The summed E-state index contributed by atoms with van der Waals surface area (Å²) in [5.41, 5.74) is -0.452. The third kappa shape index (κ3) is 3.39. The highest BCUT2D eigenvalue weighted by atomic mass is 32.2. The Morgan fingerprint density at radius 1 is 1.30 bits per heavy atom. The molecule has 0 bridgehead atoms. The van der Waals surface area contributed by atoms with Gasteiger partial charge < -0.3 is 10.6 Å². The van der Waals surface area contributed by atoms with E-state index >= 15 is 0 Å². The smallest absolute Gasteiger partial charge is 0.152 e. The van der Waals surface area contributed by atoms with Crippen LogP contribution in [-0.2, 0) is 9.84 Å². The zero-order valence-electron chi connectivity index (χ0n) is 12.4. The summed E-state index contributed by atoms with van der Waals surface area (Å²) in [5.74, 6) is 2.74. The van der Waals surface area contributed by atoms with Crippen molar-refractivity contribution in [3.05, 3.63) is 11.9 Å². The zero-order valence-corrected chi connectivity index (χ0v) is 13.2. The normalized spacial score (nSPS) is 24.9. The van der Waals surface area contributed by atoms with E-state index in [9.17, 15) is 8.42 Å². The van der Waals surface area contributed by atoms with Crippen LogP contribution in [0.4, 0.5) is 11.6 Å². The number of aromatic nitrogens is 2. The number of nitrogens with zero attached hydrogens (tertiary/aromatic N) is 2. The van der Waals surface area contributed by atoms with Gasteiger partial charge in [-0.05, 0) is 13.3 Å². The van der Waals surface area contributed by atoms with E-state index in [0.717, 1.165) is 11.6 Å². The molecule has 1 saturated heterocycles. The summed E-state index contributed by atoms with van der Waals surface area (Å²) in [6.07, 6.45) is 0.602. The first kappa shape index (κ1) is 15.0. The number of hydrogen-bond donors (Lipinski definition) is 2. The molecule has 0 aromatic carbocycles. The molecule has 0 spiro atoms. The number of sulfone groups is 1. The lowest BCUT2D eigenvalue weighted by Gasteiger charge is -2.25. The molecular weight excluding hydrogens is 276 g/mol. The summed E-state index contributed by atoms with van der Waals surface area (Å²) in [6, 6.07) is 1.81. The fourth-order valence-electron chi connectivity index (χ4n) is 2.33. The Hall–Kier alpha value is -1.37. The average molecular weight is 298 g/mol. The van der Waals surface area contributed by atoms with E-state index in [-0.39, 0.29) is 17.4 Å². The van der Waals surface area contributed by atoms with Gasteiger partial charge in [-0.1, -0.05) is 13.8 Å². The van der Waals surface area contributed by atoms with Crippen molar-refractivity contribution in [2.24, 2.45) is 0 Å². The van der Waals surface area contributed by atoms with Gasteiger partial charge >= 0.3 is 0 Å². The first-order valence-electron chi connectivity index (χ1n) is 6.78. The average Bonchev–Trinajstić information content (AvgIpc) is 2.62. The lowest BCUT2D eigenvalue weighted by atomic mass is 10.0. The molecule has 1 aromatic rings. The minimum Gasteiger partial charge on any atom is -0.373 e. The molecule has 1 unspecified atom stereocenters. The molecular formula is C13H22N4O2S. The molecule has 1 atom stereocenters. The van der Waals surface area contributed by atoms with Crippen molar-refractivity contribution < 1.29 is 8.42 Å². The molecule has 0 radical (unpaired) electrons. The fourth-order valence-corrected chi connectivity index (χ4v) is 4.43. The van der Waals surface area contributed by atoms with Gasteiger partial charge in [0.2, 0.25) is 0 Å². The first-order valence-corrected chi connectivity index (χ1v) is 8.60. The van der Waals surface area contributed by atoms with E-state index in [2.05, 4.69) is 20.6 Å². The summed E-state index contributed by atoms with van der Waals surface area (Å²) in [7, 11) is -1.13. The lowest BCUT2D eigenvalue weighted by Crippen LogP contribution is -2.36. The molecule has 0 saturated carbocycles. The Morgan fingerprint density at radius 3 is 2.45 bits per heavy atom. The highest BCUT2D eigenvalue weighted by molar-refractivity contribution is 7.91. The van der Waals surface area contributed by atoms with E-state index in [0.29, 0.717) is 12.2 Å². The maximum absolute atomic E-state index is 11.6. The number of anilines is 2. The van der Waals surface area contributed by atoms with Gasteiger partial charge in [0.25, 0.3) is 0 Å². The number of hydrogen-bond acceptors (Lipinski definition) is 6. The molecule has 1 fully saturated rings. The van der Waals surface area contributed by atoms with Gasteiger partial charge in [-0.3, -0.25) is 0 Å². The largest absolute Gasteiger partial charge is 0.373 e. The van der Waals surface area contributed by atoms with Crippen LogP contribution in [0.3, 0.4) is 0 Å². The highest BCUT2D eigenvalue weighted by Gasteiger charge is 2.38.